The van der Waals surface area contributed by atoms with Crippen LogP contribution in [0.3, 0.4) is 0 Å². The molecule has 0 spiro atoms. The minimum absolute atomic E-state index is 0.597. The van der Waals surface area contributed by atoms with Crippen LogP contribution in [0, 0.1) is 6.92 Å². The van der Waals surface area contributed by atoms with Crippen LogP contribution < -0.4 is 4.74 Å². The summed E-state index contributed by atoms with van der Waals surface area (Å²) in [6, 6.07) is 3.73. The number of benzene rings is 1. The number of halogens is 1. The second kappa shape index (κ2) is 4.42. The number of carbonyl (C=O) groups excluding carboxylic acids is 1. The van der Waals surface area contributed by atoms with Gasteiger partial charge in [0.25, 0.3) is 0 Å². The van der Waals surface area contributed by atoms with Crippen LogP contribution in [0.1, 0.15) is 22.8 Å². The average molecular weight is 243 g/mol. The first kappa shape index (κ1) is 10.3. The largest absolute Gasteiger partial charge is 0.493 e. The summed E-state index contributed by atoms with van der Waals surface area (Å²) in [5.41, 5.74) is 1.61. The monoisotopic (exact) mass is 242 g/mol. The molecular formula is C10H11BrO2. The van der Waals surface area contributed by atoms with Crippen molar-refractivity contribution in [3.63, 3.8) is 0 Å². The number of aldehydes is 1. The van der Waals surface area contributed by atoms with Gasteiger partial charge in [0.05, 0.1) is 11.1 Å². The van der Waals surface area contributed by atoms with Crippen molar-refractivity contribution in [2.24, 2.45) is 0 Å². The van der Waals surface area contributed by atoms with Crippen molar-refractivity contribution < 1.29 is 9.53 Å². The standard InChI is InChI=1S/C10H11BrO2/c1-3-13-9-5-4-7(2)8(6-12)10(9)11/h4-6H,3H2,1-2H3. The molecule has 0 bridgehead atoms. The van der Waals surface area contributed by atoms with Crippen LogP contribution in [-0.2, 0) is 0 Å². The van der Waals surface area contributed by atoms with E-state index in [1.54, 1.807) is 0 Å². The highest BCUT2D eigenvalue weighted by Crippen LogP contribution is 2.29. The number of hydrogen-bond acceptors (Lipinski definition) is 2. The van der Waals surface area contributed by atoms with E-state index in [4.69, 9.17) is 4.74 Å². The third-order valence-corrected chi connectivity index (χ3v) is 2.60. The quantitative estimate of drug-likeness (QED) is 0.763. The van der Waals surface area contributed by atoms with E-state index in [2.05, 4.69) is 15.9 Å². The van der Waals surface area contributed by atoms with E-state index in [0.29, 0.717) is 12.2 Å². The smallest absolute Gasteiger partial charge is 0.151 e. The van der Waals surface area contributed by atoms with E-state index in [9.17, 15) is 4.79 Å². The average Bonchev–Trinajstić information content (AvgIpc) is 2.11. The molecule has 0 saturated carbocycles. The topological polar surface area (TPSA) is 26.3 Å². The second-order valence-electron chi connectivity index (χ2n) is 2.66. The van der Waals surface area contributed by atoms with Gasteiger partial charge in [0.2, 0.25) is 0 Å². The van der Waals surface area contributed by atoms with Crippen molar-refractivity contribution in [3.8, 4) is 5.75 Å². The molecule has 0 aliphatic heterocycles. The maximum Gasteiger partial charge on any atom is 0.151 e. The zero-order valence-corrected chi connectivity index (χ0v) is 9.22. The summed E-state index contributed by atoms with van der Waals surface area (Å²) in [4.78, 5) is 10.7. The molecule has 0 saturated heterocycles. The van der Waals surface area contributed by atoms with Crippen molar-refractivity contribution in [2.45, 2.75) is 13.8 Å². The van der Waals surface area contributed by atoms with Crippen molar-refractivity contribution in [1.29, 1.82) is 0 Å². The molecule has 0 atom stereocenters. The third-order valence-electron chi connectivity index (χ3n) is 1.78. The first-order chi connectivity index (χ1) is 6.20. The number of aryl methyl sites for hydroxylation is 1. The van der Waals surface area contributed by atoms with Gasteiger partial charge in [-0.05, 0) is 41.4 Å². The normalized spacial score (nSPS) is 9.77. The molecule has 1 aromatic carbocycles. The van der Waals surface area contributed by atoms with Gasteiger partial charge in [0.1, 0.15) is 5.75 Å². The summed E-state index contributed by atoms with van der Waals surface area (Å²) in [7, 11) is 0. The van der Waals surface area contributed by atoms with Gasteiger partial charge in [-0.25, -0.2) is 0 Å². The van der Waals surface area contributed by atoms with Crippen molar-refractivity contribution >= 4 is 22.2 Å². The van der Waals surface area contributed by atoms with E-state index in [0.717, 1.165) is 22.1 Å². The van der Waals surface area contributed by atoms with Gasteiger partial charge in [0, 0.05) is 5.56 Å². The Hall–Kier alpha value is -0.830. The first-order valence-corrected chi connectivity index (χ1v) is 4.87. The van der Waals surface area contributed by atoms with Crippen LogP contribution >= 0.6 is 15.9 Å². The minimum atomic E-state index is 0.597. The van der Waals surface area contributed by atoms with Crippen LogP contribution in [0.25, 0.3) is 0 Å². The lowest BCUT2D eigenvalue weighted by atomic mass is 10.1. The summed E-state index contributed by atoms with van der Waals surface area (Å²) >= 11 is 3.34. The van der Waals surface area contributed by atoms with Crippen molar-refractivity contribution in [3.05, 3.63) is 27.7 Å². The molecule has 2 nitrogen and oxygen atoms in total. The lowest BCUT2D eigenvalue weighted by Crippen LogP contribution is -1.96. The van der Waals surface area contributed by atoms with Crippen LogP contribution in [0.2, 0.25) is 0 Å². The Morgan fingerprint density at radius 2 is 2.23 bits per heavy atom. The molecule has 13 heavy (non-hydrogen) atoms. The molecule has 0 aromatic heterocycles. The SMILES string of the molecule is CCOc1ccc(C)c(C=O)c1Br. The molecular weight excluding hydrogens is 232 g/mol. The maximum absolute atomic E-state index is 10.7. The number of rotatable bonds is 3. The number of carbonyl (C=O) groups is 1. The Bertz CT molecular complexity index is 321. The summed E-state index contributed by atoms with van der Waals surface area (Å²) in [6.07, 6.45) is 0.835. The Morgan fingerprint density at radius 3 is 2.77 bits per heavy atom. The van der Waals surface area contributed by atoms with E-state index in [1.807, 2.05) is 26.0 Å². The summed E-state index contributed by atoms with van der Waals surface area (Å²) in [6.45, 7) is 4.40. The van der Waals surface area contributed by atoms with Crippen molar-refractivity contribution in [2.75, 3.05) is 6.61 Å². The molecule has 0 unspecified atom stereocenters. The van der Waals surface area contributed by atoms with Crippen molar-refractivity contribution in [1.82, 2.24) is 0 Å². The number of ether oxygens (including phenoxy) is 1. The molecule has 0 radical (unpaired) electrons. The van der Waals surface area contributed by atoms with Gasteiger partial charge in [-0.2, -0.15) is 0 Å². The highest BCUT2D eigenvalue weighted by Gasteiger charge is 2.08. The maximum atomic E-state index is 10.7. The molecule has 70 valence electrons. The third kappa shape index (κ3) is 2.10. The van der Waals surface area contributed by atoms with Gasteiger partial charge < -0.3 is 4.74 Å². The molecule has 0 amide bonds. The van der Waals surface area contributed by atoms with E-state index in [-0.39, 0.29) is 0 Å². The molecule has 0 heterocycles. The highest BCUT2D eigenvalue weighted by molar-refractivity contribution is 9.10. The molecule has 3 heteroatoms. The molecule has 0 N–H and O–H groups in total. The molecule has 1 aromatic rings. The summed E-state index contributed by atoms with van der Waals surface area (Å²) in [5, 5.41) is 0. The van der Waals surface area contributed by atoms with Gasteiger partial charge >= 0.3 is 0 Å². The Labute approximate surface area is 86.0 Å². The predicted octanol–water partition coefficient (Wildman–Crippen LogP) is 2.97. The Morgan fingerprint density at radius 1 is 1.54 bits per heavy atom. The lowest BCUT2D eigenvalue weighted by molar-refractivity contribution is 0.112. The predicted molar refractivity (Wildman–Crippen MR) is 55.4 cm³/mol. The zero-order chi connectivity index (χ0) is 9.84. The van der Waals surface area contributed by atoms with Crippen LogP contribution in [0.15, 0.2) is 16.6 Å². The Kier molecular flexibility index (Phi) is 3.48. The summed E-state index contributed by atoms with van der Waals surface area (Å²) < 4.78 is 6.07. The van der Waals surface area contributed by atoms with Gasteiger partial charge in [-0.3, -0.25) is 4.79 Å². The van der Waals surface area contributed by atoms with E-state index < -0.39 is 0 Å². The van der Waals surface area contributed by atoms with Crippen LogP contribution in [0.4, 0.5) is 0 Å². The lowest BCUT2D eigenvalue weighted by Gasteiger charge is -2.08. The molecule has 0 aliphatic carbocycles. The molecule has 1 rings (SSSR count). The Balaban J connectivity index is 3.19. The fourth-order valence-electron chi connectivity index (χ4n) is 1.08. The highest BCUT2D eigenvalue weighted by atomic mass is 79.9. The minimum Gasteiger partial charge on any atom is -0.493 e. The number of hydrogen-bond donors (Lipinski definition) is 0. The zero-order valence-electron chi connectivity index (χ0n) is 7.63. The fourth-order valence-corrected chi connectivity index (χ4v) is 1.73. The van der Waals surface area contributed by atoms with E-state index >= 15 is 0 Å². The fraction of sp³-hybridized carbons (Fsp3) is 0.300. The van der Waals surface area contributed by atoms with Gasteiger partial charge in [-0.1, -0.05) is 6.07 Å². The first-order valence-electron chi connectivity index (χ1n) is 4.07. The van der Waals surface area contributed by atoms with Gasteiger partial charge in [-0.15, -0.1) is 0 Å². The van der Waals surface area contributed by atoms with E-state index in [1.165, 1.54) is 0 Å². The molecule has 0 fully saturated rings. The van der Waals surface area contributed by atoms with Gasteiger partial charge in [0.15, 0.2) is 6.29 Å². The molecule has 0 aliphatic rings. The van der Waals surface area contributed by atoms with Crippen LogP contribution in [-0.4, -0.2) is 12.9 Å². The van der Waals surface area contributed by atoms with Crippen LogP contribution in [0.5, 0.6) is 5.75 Å². The summed E-state index contributed by atoms with van der Waals surface area (Å²) in [5.74, 6) is 0.718. The second-order valence-corrected chi connectivity index (χ2v) is 3.45.